The lowest BCUT2D eigenvalue weighted by atomic mass is 9.95. The second kappa shape index (κ2) is 10.8. The third-order valence-corrected chi connectivity index (χ3v) is 5.03. The minimum Gasteiger partial charge on any atom is -0.410 e. The fraction of sp³-hybridized carbons (Fsp3) is 0.619. The molecule has 1 N–H and O–H groups in total. The molecule has 0 aromatic heterocycles. The van der Waals surface area contributed by atoms with Gasteiger partial charge in [-0.1, -0.05) is 44.9 Å². The lowest BCUT2D eigenvalue weighted by Crippen LogP contribution is -2.43. The number of carbonyl (C=O) groups excluding carboxylic acids is 2. The van der Waals surface area contributed by atoms with Gasteiger partial charge in [0.1, 0.15) is 5.75 Å². The molecule has 1 fully saturated rings. The molecule has 0 saturated carbocycles. The van der Waals surface area contributed by atoms with E-state index in [1.807, 2.05) is 18.2 Å². The molecule has 1 saturated heterocycles. The molecule has 0 bridgehead atoms. The molecule has 0 spiro atoms. The number of nitrogens with zero attached hydrogens (tertiary/aromatic N) is 1. The summed E-state index contributed by atoms with van der Waals surface area (Å²) in [5.74, 6) is 1.35. The van der Waals surface area contributed by atoms with E-state index in [1.165, 1.54) is 0 Å². The van der Waals surface area contributed by atoms with Crippen LogP contribution in [-0.2, 0) is 4.79 Å². The first-order valence-electron chi connectivity index (χ1n) is 9.93. The van der Waals surface area contributed by atoms with E-state index in [9.17, 15) is 9.59 Å². The molecule has 5 heteroatoms. The Morgan fingerprint density at radius 1 is 1.12 bits per heavy atom. The average molecular weight is 360 g/mol. The molecule has 2 rings (SSSR count). The summed E-state index contributed by atoms with van der Waals surface area (Å²) in [6.07, 6.45) is 5.52. The fourth-order valence-electron chi connectivity index (χ4n) is 3.47. The Hall–Kier alpha value is -2.04. The van der Waals surface area contributed by atoms with Crippen molar-refractivity contribution < 1.29 is 14.3 Å². The van der Waals surface area contributed by atoms with E-state index in [0.717, 1.165) is 38.5 Å². The number of carbonyl (C=O) groups is 2. The zero-order chi connectivity index (χ0) is 18.8. The Balaban J connectivity index is 1.71. The molecule has 1 aromatic carbocycles. The molecule has 0 aliphatic carbocycles. The number of ether oxygens (including phenoxy) is 1. The van der Waals surface area contributed by atoms with Gasteiger partial charge in [0.05, 0.1) is 0 Å². The van der Waals surface area contributed by atoms with Gasteiger partial charge in [-0.05, 0) is 43.7 Å². The smallest absolute Gasteiger partial charge is 0.410 e. The lowest BCUT2D eigenvalue weighted by Gasteiger charge is -2.31. The zero-order valence-electron chi connectivity index (χ0n) is 16.1. The van der Waals surface area contributed by atoms with Gasteiger partial charge in [-0.25, -0.2) is 4.79 Å². The van der Waals surface area contributed by atoms with Crippen LogP contribution < -0.4 is 10.1 Å². The third kappa shape index (κ3) is 6.36. The van der Waals surface area contributed by atoms with Crippen LogP contribution in [0.15, 0.2) is 30.3 Å². The topological polar surface area (TPSA) is 58.6 Å². The highest BCUT2D eigenvalue weighted by Gasteiger charge is 2.25. The molecule has 2 amide bonds. The van der Waals surface area contributed by atoms with Gasteiger partial charge in [-0.2, -0.15) is 0 Å². The van der Waals surface area contributed by atoms with Gasteiger partial charge in [0.25, 0.3) is 0 Å². The van der Waals surface area contributed by atoms with Crippen LogP contribution >= 0.6 is 0 Å². The monoisotopic (exact) mass is 360 g/mol. The Morgan fingerprint density at radius 2 is 1.73 bits per heavy atom. The normalized spacial score (nSPS) is 15.1. The molecule has 26 heavy (non-hydrogen) atoms. The minimum absolute atomic E-state index is 0.144. The maximum absolute atomic E-state index is 12.3. The SMILES string of the molecule is CCCC(CCC)C(=O)NCC1CCN(C(=O)Oc2ccccc2)CC1. The highest BCUT2D eigenvalue weighted by molar-refractivity contribution is 5.78. The largest absolute Gasteiger partial charge is 0.415 e. The first-order chi connectivity index (χ1) is 12.6. The molecule has 1 aliphatic heterocycles. The molecule has 0 atom stereocenters. The van der Waals surface area contributed by atoms with Crippen LogP contribution in [-0.4, -0.2) is 36.5 Å². The van der Waals surface area contributed by atoms with E-state index in [-0.39, 0.29) is 17.9 Å². The number of nitrogens with one attached hydrogen (secondary N) is 1. The molecule has 144 valence electrons. The summed E-state index contributed by atoms with van der Waals surface area (Å²) < 4.78 is 5.39. The number of para-hydroxylation sites is 1. The number of rotatable bonds is 8. The first kappa shape index (κ1) is 20.3. The number of likely N-dealkylation sites (tertiary alicyclic amines) is 1. The summed E-state index contributed by atoms with van der Waals surface area (Å²) >= 11 is 0. The van der Waals surface area contributed by atoms with Crippen LogP contribution in [0.25, 0.3) is 0 Å². The Kier molecular flexibility index (Phi) is 8.45. The summed E-state index contributed by atoms with van der Waals surface area (Å²) in [5.41, 5.74) is 0. The Morgan fingerprint density at radius 3 is 2.31 bits per heavy atom. The van der Waals surface area contributed by atoms with Crippen molar-refractivity contribution in [3.63, 3.8) is 0 Å². The summed E-state index contributed by atoms with van der Waals surface area (Å²) in [7, 11) is 0. The summed E-state index contributed by atoms with van der Waals surface area (Å²) in [5, 5.41) is 3.13. The van der Waals surface area contributed by atoms with Crippen molar-refractivity contribution in [3.05, 3.63) is 30.3 Å². The number of benzene rings is 1. The zero-order valence-corrected chi connectivity index (χ0v) is 16.1. The number of hydrogen-bond donors (Lipinski definition) is 1. The fourth-order valence-corrected chi connectivity index (χ4v) is 3.47. The van der Waals surface area contributed by atoms with Crippen molar-refractivity contribution in [1.82, 2.24) is 10.2 Å². The number of hydrogen-bond acceptors (Lipinski definition) is 3. The Labute approximate surface area is 157 Å². The van der Waals surface area contributed by atoms with E-state index >= 15 is 0 Å². The molecular formula is C21H32N2O3. The van der Waals surface area contributed by atoms with Crippen LogP contribution in [0, 0.1) is 11.8 Å². The highest BCUT2D eigenvalue weighted by atomic mass is 16.6. The van der Waals surface area contributed by atoms with Gasteiger partial charge in [0.2, 0.25) is 5.91 Å². The quantitative estimate of drug-likeness (QED) is 0.755. The molecule has 1 aromatic rings. The van der Waals surface area contributed by atoms with E-state index in [4.69, 9.17) is 4.74 Å². The maximum Gasteiger partial charge on any atom is 0.415 e. The van der Waals surface area contributed by atoms with Gasteiger partial charge in [-0.15, -0.1) is 0 Å². The van der Waals surface area contributed by atoms with Crippen molar-refractivity contribution in [2.75, 3.05) is 19.6 Å². The van der Waals surface area contributed by atoms with Crippen molar-refractivity contribution in [2.24, 2.45) is 11.8 Å². The van der Waals surface area contributed by atoms with Gasteiger partial charge in [0, 0.05) is 25.6 Å². The van der Waals surface area contributed by atoms with Crippen LogP contribution in [0.4, 0.5) is 4.79 Å². The molecule has 0 unspecified atom stereocenters. The Bertz CT molecular complexity index is 548. The first-order valence-corrected chi connectivity index (χ1v) is 9.93. The summed E-state index contributed by atoms with van der Waals surface area (Å²) in [6.45, 7) is 6.32. The van der Waals surface area contributed by atoms with Crippen LogP contribution in [0.2, 0.25) is 0 Å². The van der Waals surface area contributed by atoms with Crippen LogP contribution in [0.1, 0.15) is 52.4 Å². The molecule has 0 radical (unpaired) electrons. The highest BCUT2D eigenvalue weighted by Crippen LogP contribution is 2.19. The van der Waals surface area contributed by atoms with E-state index < -0.39 is 0 Å². The van der Waals surface area contributed by atoms with Gasteiger partial charge in [0.15, 0.2) is 0 Å². The standard InChI is InChI=1S/C21H32N2O3/c1-3-8-18(9-4-2)20(24)22-16-17-12-14-23(15-13-17)21(25)26-19-10-6-5-7-11-19/h5-7,10-11,17-18H,3-4,8-9,12-16H2,1-2H3,(H,22,24). The third-order valence-electron chi connectivity index (χ3n) is 5.03. The van der Waals surface area contributed by atoms with Gasteiger partial charge >= 0.3 is 6.09 Å². The predicted molar refractivity (Wildman–Crippen MR) is 103 cm³/mol. The van der Waals surface area contributed by atoms with Crippen LogP contribution in [0.3, 0.4) is 0 Å². The summed E-state index contributed by atoms with van der Waals surface area (Å²) in [6, 6.07) is 9.15. The van der Waals surface area contributed by atoms with Crippen molar-refractivity contribution in [3.8, 4) is 5.75 Å². The summed E-state index contributed by atoms with van der Waals surface area (Å²) in [4.78, 5) is 26.3. The van der Waals surface area contributed by atoms with Crippen molar-refractivity contribution in [1.29, 1.82) is 0 Å². The number of piperidine rings is 1. The second-order valence-electron chi connectivity index (χ2n) is 7.13. The predicted octanol–water partition coefficient (Wildman–Crippen LogP) is 4.23. The van der Waals surface area contributed by atoms with E-state index in [2.05, 4.69) is 19.2 Å². The minimum atomic E-state index is -0.287. The number of amides is 2. The lowest BCUT2D eigenvalue weighted by molar-refractivity contribution is -0.125. The van der Waals surface area contributed by atoms with Crippen molar-refractivity contribution in [2.45, 2.75) is 52.4 Å². The molecule has 5 nitrogen and oxygen atoms in total. The van der Waals surface area contributed by atoms with Gasteiger partial charge < -0.3 is 15.0 Å². The van der Waals surface area contributed by atoms with E-state index in [0.29, 0.717) is 31.3 Å². The van der Waals surface area contributed by atoms with Crippen molar-refractivity contribution >= 4 is 12.0 Å². The molecule has 1 aliphatic rings. The second-order valence-corrected chi connectivity index (χ2v) is 7.13. The van der Waals surface area contributed by atoms with Gasteiger partial charge in [-0.3, -0.25) is 4.79 Å². The molecule has 1 heterocycles. The average Bonchev–Trinajstić information content (AvgIpc) is 2.67. The van der Waals surface area contributed by atoms with Crippen LogP contribution in [0.5, 0.6) is 5.75 Å². The maximum atomic E-state index is 12.3. The van der Waals surface area contributed by atoms with E-state index in [1.54, 1.807) is 17.0 Å². The molecular weight excluding hydrogens is 328 g/mol.